The summed E-state index contributed by atoms with van der Waals surface area (Å²) in [5, 5.41) is 9.05. The van der Waals surface area contributed by atoms with E-state index in [9.17, 15) is 4.39 Å². The molecule has 0 saturated carbocycles. The molecule has 0 amide bonds. The summed E-state index contributed by atoms with van der Waals surface area (Å²) >= 11 is 0. The second-order valence-corrected chi connectivity index (χ2v) is 2.79. The lowest BCUT2D eigenvalue weighted by Gasteiger charge is -1.91. The number of terminal acetylenes is 1. The van der Waals surface area contributed by atoms with Crippen LogP contribution in [0.1, 0.15) is 11.3 Å². The number of aromatic nitrogens is 1. The first-order chi connectivity index (χ1) is 6.77. The summed E-state index contributed by atoms with van der Waals surface area (Å²) in [5.41, 5.74) is 1.07. The summed E-state index contributed by atoms with van der Waals surface area (Å²) in [6.45, 7) is 0. The van der Waals surface area contributed by atoms with Crippen molar-refractivity contribution in [3.63, 3.8) is 0 Å². The van der Waals surface area contributed by atoms with Crippen molar-refractivity contribution in [1.29, 1.82) is 5.26 Å². The van der Waals surface area contributed by atoms with Gasteiger partial charge in [-0.15, -0.1) is 6.42 Å². The summed E-state index contributed by atoms with van der Waals surface area (Å²) in [4.78, 5) is 2.76. The van der Waals surface area contributed by atoms with Gasteiger partial charge in [0.05, 0.1) is 16.5 Å². The van der Waals surface area contributed by atoms with Crippen LogP contribution >= 0.6 is 0 Å². The number of hydrogen-bond donors (Lipinski definition) is 1. The van der Waals surface area contributed by atoms with Crippen LogP contribution in [0.3, 0.4) is 0 Å². The molecular formula is C11H5FN2. The standard InChI is InChI=1S/C11H5FN2/c1-2-7-10(6-13)14-9-5-3-4-8(12)11(7)9/h1,3-5,14H. The predicted molar refractivity (Wildman–Crippen MR) is 50.9 cm³/mol. The number of rotatable bonds is 0. The second-order valence-electron chi connectivity index (χ2n) is 2.79. The van der Waals surface area contributed by atoms with Crippen molar-refractivity contribution in [3.8, 4) is 18.4 Å². The number of fused-ring (bicyclic) bond motifs is 1. The molecule has 0 radical (unpaired) electrons. The van der Waals surface area contributed by atoms with Gasteiger partial charge in [-0.1, -0.05) is 12.0 Å². The minimum absolute atomic E-state index is 0.229. The molecule has 2 rings (SSSR count). The maximum Gasteiger partial charge on any atom is 0.134 e. The van der Waals surface area contributed by atoms with Crippen LogP contribution in [0.4, 0.5) is 4.39 Å². The van der Waals surface area contributed by atoms with Gasteiger partial charge in [0.1, 0.15) is 17.6 Å². The number of nitriles is 1. The number of nitrogens with zero attached hydrogens (tertiary/aromatic N) is 1. The van der Waals surface area contributed by atoms with Crippen LogP contribution in [0.5, 0.6) is 0 Å². The highest BCUT2D eigenvalue weighted by Gasteiger charge is 2.12. The summed E-state index contributed by atoms with van der Waals surface area (Å²) in [7, 11) is 0. The van der Waals surface area contributed by atoms with E-state index >= 15 is 0 Å². The molecule has 14 heavy (non-hydrogen) atoms. The summed E-state index contributed by atoms with van der Waals surface area (Å²) < 4.78 is 13.4. The van der Waals surface area contributed by atoms with Gasteiger partial charge in [0.2, 0.25) is 0 Å². The molecule has 0 spiro atoms. The maximum atomic E-state index is 13.4. The monoisotopic (exact) mass is 184 g/mol. The summed E-state index contributed by atoms with van der Waals surface area (Å²) in [5.74, 6) is 1.91. The molecule has 1 aromatic heterocycles. The fourth-order valence-corrected chi connectivity index (χ4v) is 1.43. The van der Waals surface area contributed by atoms with Gasteiger partial charge >= 0.3 is 0 Å². The molecule has 0 bridgehead atoms. The molecule has 1 heterocycles. The van der Waals surface area contributed by atoms with Crippen LogP contribution in [-0.4, -0.2) is 4.98 Å². The van der Waals surface area contributed by atoms with Gasteiger partial charge in [-0.3, -0.25) is 0 Å². The minimum atomic E-state index is -0.409. The minimum Gasteiger partial charge on any atom is -0.345 e. The normalized spacial score (nSPS) is 9.64. The highest BCUT2D eigenvalue weighted by molar-refractivity contribution is 5.89. The Bertz CT molecular complexity index is 582. The van der Waals surface area contributed by atoms with E-state index in [1.807, 2.05) is 6.07 Å². The largest absolute Gasteiger partial charge is 0.345 e. The molecule has 0 atom stereocenters. The van der Waals surface area contributed by atoms with Gasteiger partial charge in [-0.25, -0.2) is 4.39 Å². The van der Waals surface area contributed by atoms with Crippen LogP contribution in [0, 0.1) is 29.5 Å². The lowest BCUT2D eigenvalue weighted by molar-refractivity contribution is 0.640. The van der Waals surface area contributed by atoms with E-state index < -0.39 is 5.82 Å². The zero-order valence-electron chi connectivity index (χ0n) is 7.13. The molecule has 1 aromatic carbocycles. The summed E-state index contributed by atoms with van der Waals surface area (Å²) in [6.07, 6.45) is 5.22. The van der Waals surface area contributed by atoms with E-state index in [1.165, 1.54) is 6.07 Å². The average molecular weight is 184 g/mol. The van der Waals surface area contributed by atoms with Gasteiger partial charge in [0.15, 0.2) is 0 Å². The third-order valence-corrected chi connectivity index (χ3v) is 2.03. The van der Waals surface area contributed by atoms with E-state index in [1.54, 1.807) is 12.1 Å². The number of benzene rings is 1. The van der Waals surface area contributed by atoms with Crippen LogP contribution in [-0.2, 0) is 0 Å². The second kappa shape index (κ2) is 2.90. The zero-order chi connectivity index (χ0) is 10.1. The molecule has 0 unspecified atom stereocenters. The Morgan fingerprint density at radius 3 is 2.86 bits per heavy atom. The lowest BCUT2D eigenvalue weighted by atomic mass is 10.1. The van der Waals surface area contributed by atoms with E-state index in [0.29, 0.717) is 16.5 Å². The van der Waals surface area contributed by atoms with Crippen molar-refractivity contribution in [2.45, 2.75) is 0 Å². The van der Waals surface area contributed by atoms with Gasteiger partial charge in [-0.2, -0.15) is 5.26 Å². The van der Waals surface area contributed by atoms with E-state index in [-0.39, 0.29) is 5.69 Å². The molecule has 0 aliphatic carbocycles. The predicted octanol–water partition coefficient (Wildman–Crippen LogP) is 2.16. The van der Waals surface area contributed by atoms with E-state index in [4.69, 9.17) is 11.7 Å². The fourth-order valence-electron chi connectivity index (χ4n) is 1.43. The smallest absolute Gasteiger partial charge is 0.134 e. The zero-order valence-corrected chi connectivity index (χ0v) is 7.13. The molecule has 1 N–H and O–H groups in total. The van der Waals surface area contributed by atoms with Crippen molar-refractivity contribution in [1.82, 2.24) is 4.98 Å². The maximum absolute atomic E-state index is 13.4. The van der Waals surface area contributed by atoms with Crippen LogP contribution in [0.15, 0.2) is 18.2 Å². The Morgan fingerprint density at radius 2 is 2.21 bits per heavy atom. The van der Waals surface area contributed by atoms with Gasteiger partial charge in [0, 0.05) is 0 Å². The molecule has 3 heteroatoms. The third-order valence-electron chi connectivity index (χ3n) is 2.03. The van der Waals surface area contributed by atoms with Crippen LogP contribution in [0.2, 0.25) is 0 Å². The number of halogens is 1. The molecule has 0 aliphatic heterocycles. The molecule has 0 fully saturated rings. The van der Waals surface area contributed by atoms with Crippen molar-refractivity contribution < 1.29 is 4.39 Å². The van der Waals surface area contributed by atoms with Gasteiger partial charge in [-0.05, 0) is 12.1 Å². The first-order valence-electron chi connectivity index (χ1n) is 3.95. The summed E-state index contributed by atoms with van der Waals surface area (Å²) in [6, 6.07) is 6.46. The van der Waals surface area contributed by atoms with E-state index in [2.05, 4.69) is 10.9 Å². The van der Waals surface area contributed by atoms with Crippen molar-refractivity contribution in [2.75, 3.05) is 0 Å². The first-order valence-corrected chi connectivity index (χ1v) is 3.95. The van der Waals surface area contributed by atoms with Gasteiger partial charge < -0.3 is 4.98 Å². The number of aromatic amines is 1. The lowest BCUT2D eigenvalue weighted by Crippen LogP contribution is -1.79. The fraction of sp³-hybridized carbons (Fsp3) is 0. The third kappa shape index (κ3) is 0.967. The number of H-pyrrole nitrogens is 1. The molecule has 66 valence electrons. The Kier molecular flexibility index (Phi) is 1.73. The molecule has 0 aliphatic rings. The molecule has 2 nitrogen and oxygen atoms in total. The van der Waals surface area contributed by atoms with Crippen LogP contribution < -0.4 is 0 Å². The highest BCUT2D eigenvalue weighted by Crippen LogP contribution is 2.23. The Morgan fingerprint density at radius 1 is 1.43 bits per heavy atom. The SMILES string of the molecule is C#Cc1c(C#N)[nH]c2cccc(F)c12. The Hall–Kier alpha value is -2.26. The van der Waals surface area contributed by atoms with Gasteiger partial charge in [0.25, 0.3) is 0 Å². The van der Waals surface area contributed by atoms with Crippen molar-refractivity contribution >= 4 is 10.9 Å². The topological polar surface area (TPSA) is 39.6 Å². The molecule has 2 aromatic rings. The number of hydrogen-bond acceptors (Lipinski definition) is 1. The Labute approximate surface area is 80.0 Å². The first kappa shape index (κ1) is 8.34. The average Bonchev–Trinajstić information content (AvgIpc) is 2.56. The Balaban J connectivity index is 2.99. The van der Waals surface area contributed by atoms with Crippen molar-refractivity contribution in [3.05, 3.63) is 35.3 Å². The molecule has 0 saturated heterocycles. The highest BCUT2D eigenvalue weighted by atomic mass is 19.1. The quantitative estimate of drug-likeness (QED) is 0.626. The number of nitrogens with one attached hydrogen (secondary N) is 1. The van der Waals surface area contributed by atoms with Crippen molar-refractivity contribution in [2.24, 2.45) is 0 Å². The van der Waals surface area contributed by atoms with E-state index in [0.717, 1.165) is 0 Å². The van der Waals surface area contributed by atoms with Crippen LogP contribution in [0.25, 0.3) is 10.9 Å². The molecular weight excluding hydrogens is 179 g/mol.